The van der Waals surface area contributed by atoms with Gasteiger partial charge in [0.2, 0.25) is 5.78 Å². The normalized spacial score (nSPS) is 19.3. The number of hydrogen-bond acceptors (Lipinski definition) is 5. The highest BCUT2D eigenvalue weighted by Gasteiger charge is 2.45. The lowest BCUT2D eigenvalue weighted by Crippen LogP contribution is -2.55. The number of ketones is 1. The van der Waals surface area contributed by atoms with Crippen LogP contribution in [0.1, 0.15) is 31.5 Å². The molecular weight excluding hydrogens is 284 g/mol. The molecule has 0 saturated carbocycles. The van der Waals surface area contributed by atoms with Crippen LogP contribution >= 0.6 is 0 Å². The second kappa shape index (κ2) is 5.87. The molecule has 1 aromatic rings. The molecule has 0 N–H and O–H groups in total. The molecular formula is C16H20N2O4. The molecule has 1 unspecified atom stereocenters. The van der Waals surface area contributed by atoms with Crippen LogP contribution in [-0.4, -0.2) is 41.2 Å². The molecule has 0 aliphatic carbocycles. The molecule has 0 radical (unpaired) electrons. The van der Waals surface area contributed by atoms with E-state index in [0.29, 0.717) is 6.54 Å². The minimum atomic E-state index is -0.985. The van der Waals surface area contributed by atoms with Gasteiger partial charge in [0.25, 0.3) is 5.91 Å². The van der Waals surface area contributed by atoms with E-state index < -0.39 is 29.1 Å². The number of esters is 1. The molecule has 118 valence electrons. The highest BCUT2D eigenvalue weighted by atomic mass is 16.5. The number of carbonyl (C=O) groups is 3. The Morgan fingerprint density at radius 3 is 2.59 bits per heavy atom. The van der Waals surface area contributed by atoms with Crippen molar-refractivity contribution in [2.45, 2.75) is 32.7 Å². The Balaban J connectivity index is 2.26. The van der Waals surface area contributed by atoms with Gasteiger partial charge in [0.05, 0.1) is 12.6 Å². The van der Waals surface area contributed by atoms with Crippen LogP contribution in [0.5, 0.6) is 0 Å². The first-order chi connectivity index (χ1) is 10.3. The average Bonchev–Trinajstić information content (AvgIpc) is 2.49. The van der Waals surface area contributed by atoms with Crippen molar-refractivity contribution in [1.82, 2.24) is 9.88 Å². The third kappa shape index (κ3) is 2.73. The molecule has 22 heavy (non-hydrogen) atoms. The minimum Gasteiger partial charge on any atom is -0.468 e. The number of likely N-dealkylation sites (tertiary alicyclic amines) is 1. The largest absolute Gasteiger partial charge is 0.468 e. The van der Waals surface area contributed by atoms with Crippen LogP contribution in [0.25, 0.3) is 0 Å². The molecule has 1 amide bonds. The minimum absolute atomic E-state index is 0.278. The summed E-state index contributed by atoms with van der Waals surface area (Å²) in [6.07, 6.45) is 1.99. The van der Waals surface area contributed by atoms with Gasteiger partial charge in [-0.05, 0) is 38.8 Å². The van der Waals surface area contributed by atoms with Crippen LogP contribution < -0.4 is 0 Å². The van der Waals surface area contributed by atoms with Crippen LogP contribution in [0.2, 0.25) is 0 Å². The van der Waals surface area contributed by atoms with Crippen molar-refractivity contribution in [3.8, 4) is 0 Å². The molecule has 0 spiro atoms. The van der Waals surface area contributed by atoms with Crippen molar-refractivity contribution in [1.29, 1.82) is 0 Å². The van der Waals surface area contributed by atoms with Crippen LogP contribution in [0.4, 0.5) is 0 Å². The third-order valence-electron chi connectivity index (χ3n) is 4.19. The fourth-order valence-corrected chi connectivity index (χ4v) is 2.66. The lowest BCUT2D eigenvalue weighted by Gasteiger charge is -2.41. The maximum Gasteiger partial charge on any atom is 0.316 e. The summed E-state index contributed by atoms with van der Waals surface area (Å²) in [5, 5.41) is 0. The van der Waals surface area contributed by atoms with Crippen LogP contribution in [0.15, 0.2) is 18.3 Å². The number of amides is 1. The number of methoxy groups -OCH3 is 1. The van der Waals surface area contributed by atoms with Gasteiger partial charge in [0.1, 0.15) is 5.92 Å². The van der Waals surface area contributed by atoms with Gasteiger partial charge in [-0.25, -0.2) is 0 Å². The summed E-state index contributed by atoms with van der Waals surface area (Å²) < 4.78 is 4.59. The van der Waals surface area contributed by atoms with Gasteiger partial charge in [-0.3, -0.25) is 19.4 Å². The first-order valence-corrected chi connectivity index (χ1v) is 7.15. The smallest absolute Gasteiger partial charge is 0.316 e. The van der Waals surface area contributed by atoms with Gasteiger partial charge >= 0.3 is 5.97 Å². The van der Waals surface area contributed by atoms with E-state index in [0.717, 1.165) is 11.3 Å². The van der Waals surface area contributed by atoms with E-state index in [-0.39, 0.29) is 6.42 Å². The van der Waals surface area contributed by atoms with Gasteiger partial charge in [-0.15, -0.1) is 0 Å². The van der Waals surface area contributed by atoms with E-state index in [2.05, 4.69) is 9.72 Å². The number of rotatable bonds is 3. The Morgan fingerprint density at radius 2 is 2.05 bits per heavy atom. The van der Waals surface area contributed by atoms with E-state index in [1.54, 1.807) is 6.20 Å². The van der Waals surface area contributed by atoms with Crippen molar-refractivity contribution in [2.75, 3.05) is 13.7 Å². The summed E-state index contributed by atoms with van der Waals surface area (Å²) in [4.78, 5) is 41.9. The Kier molecular flexibility index (Phi) is 4.30. The number of Topliss-reactive ketones (excluding diaryl/α,β-unsaturated/α-hetero) is 1. The number of piperidine rings is 1. The van der Waals surface area contributed by atoms with E-state index >= 15 is 0 Å². The maximum absolute atomic E-state index is 12.4. The fourth-order valence-electron chi connectivity index (χ4n) is 2.66. The zero-order chi connectivity index (χ0) is 16.5. The quantitative estimate of drug-likeness (QED) is 0.477. The first kappa shape index (κ1) is 16.1. The number of ether oxygens (including phenoxy) is 1. The van der Waals surface area contributed by atoms with E-state index in [1.165, 1.54) is 12.0 Å². The molecule has 1 fully saturated rings. The first-order valence-electron chi connectivity index (χ1n) is 7.15. The van der Waals surface area contributed by atoms with Crippen molar-refractivity contribution in [2.24, 2.45) is 5.92 Å². The lowest BCUT2D eigenvalue weighted by molar-refractivity contribution is -0.162. The molecule has 2 rings (SSSR count). The fraction of sp³-hybridized carbons (Fsp3) is 0.500. The third-order valence-corrected chi connectivity index (χ3v) is 4.19. The zero-order valence-electron chi connectivity index (χ0n) is 13.3. The number of carbonyl (C=O) groups excluding carboxylic acids is 3. The predicted molar refractivity (Wildman–Crippen MR) is 78.8 cm³/mol. The summed E-state index contributed by atoms with van der Waals surface area (Å²) >= 11 is 0. The highest BCUT2D eigenvalue weighted by molar-refractivity contribution is 6.40. The number of aromatic nitrogens is 1. The molecule has 1 atom stereocenters. The van der Waals surface area contributed by atoms with Crippen molar-refractivity contribution >= 4 is 17.7 Å². The van der Waals surface area contributed by atoms with E-state index in [9.17, 15) is 14.4 Å². The van der Waals surface area contributed by atoms with Gasteiger partial charge < -0.3 is 9.64 Å². The Morgan fingerprint density at radius 1 is 1.36 bits per heavy atom. The van der Waals surface area contributed by atoms with Crippen LogP contribution in [0, 0.1) is 12.8 Å². The Bertz CT molecular complexity index is 607. The Hall–Kier alpha value is -2.24. The number of nitrogens with zero attached hydrogens (tertiary/aromatic N) is 2. The number of pyridine rings is 1. The second-order valence-electron chi connectivity index (χ2n) is 5.93. The molecule has 1 aliphatic rings. The molecule has 2 heterocycles. The zero-order valence-corrected chi connectivity index (χ0v) is 13.3. The predicted octanol–water partition coefficient (Wildman–Crippen LogP) is 1.22. The molecule has 0 aromatic carbocycles. The molecule has 0 bridgehead atoms. The molecule has 1 aromatic heterocycles. The SMILES string of the molecule is COC(=O)C1CCN(C(C)(C)c2ccc(C)nc2)C(=O)C1=O. The summed E-state index contributed by atoms with van der Waals surface area (Å²) in [6, 6.07) is 3.76. The monoisotopic (exact) mass is 304 g/mol. The maximum atomic E-state index is 12.4. The van der Waals surface area contributed by atoms with Crippen LogP contribution in [0.3, 0.4) is 0 Å². The molecule has 1 aliphatic heterocycles. The van der Waals surface area contributed by atoms with E-state index in [4.69, 9.17) is 0 Å². The van der Waals surface area contributed by atoms with Crippen molar-refractivity contribution in [3.63, 3.8) is 0 Å². The van der Waals surface area contributed by atoms with E-state index in [1.807, 2.05) is 32.9 Å². The Labute approximate surface area is 129 Å². The summed E-state index contributed by atoms with van der Waals surface area (Å²) in [5.74, 6) is -2.98. The van der Waals surface area contributed by atoms with Gasteiger partial charge in [0, 0.05) is 18.4 Å². The highest BCUT2D eigenvalue weighted by Crippen LogP contribution is 2.31. The lowest BCUT2D eigenvalue weighted by atomic mass is 9.87. The van der Waals surface area contributed by atoms with Crippen LogP contribution in [-0.2, 0) is 24.7 Å². The summed E-state index contributed by atoms with van der Waals surface area (Å²) in [7, 11) is 1.22. The number of aryl methyl sites for hydroxylation is 1. The molecule has 6 heteroatoms. The number of hydrogen-bond donors (Lipinski definition) is 0. The van der Waals surface area contributed by atoms with Gasteiger partial charge in [0.15, 0.2) is 0 Å². The molecule has 1 saturated heterocycles. The van der Waals surface area contributed by atoms with Gasteiger partial charge in [-0.2, -0.15) is 0 Å². The standard InChI is InChI=1S/C16H20N2O4/c1-10-5-6-11(9-17-10)16(2,3)18-8-7-12(15(21)22-4)13(19)14(18)20/h5-6,9,12H,7-8H2,1-4H3. The van der Waals surface area contributed by atoms with Crippen molar-refractivity contribution in [3.05, 3.63) is 29.6 Å². The van der Waals surface area contributed by atoms with Crippen molar-refractivity contribution < 1.29 is 19.1 Å². The topological polar surface area (TPSA) is 76.6 Å². The second-order valence-corrected chi connectivity index (χ2v) is 5.93. The molecule has 6 nitrogen and oxygen atoms in total. The summed E-state index contributed by atoms with van der Waals surface area (Å²) in [5.41, 5.74) is 1.05. The average molecular weight is 304 g/mol. The summed E-state index contributed by atoms with van der Waals surface area (Å²) in [6.45, 7) is 5.94. The van der Waals surface area contributed by atoms with Gasteiger partial charge in [-0.1, -0.05) is 6.07 Å².